The number of allylic oxidation sites excluding steroid dienone is 2. The minimum atomic E-state index is -4.15. The number of carbonyl (C=O) groups is 3. The van der Waals surface area contributed by atoms with Crippen molar-refractivity contribution in [3.8, 4) is 11.5 Å². The molecule has 5 heterocycles. The van der Waals surface area contributed by atoms with Crippen LogP contribution in [0.4, 0.5) is 25.7 Å². The Morgan fingerprint density at radius 2 is 1.65 bits per heavy atom. The molecule has 0 aliphatic carbocycles. The molecule has 2 aliphatic heterocycles. The molecular formula is C50H50BF2N7O8S. The number of phenolic OH excluding ortho intramolecular Hbond substituents is 1. The number of anilines is 3. The average Bonchev–Trinajstić information content (AvgIpc) is 4.19. The minimum absolute atomic E-state index is 0.0355. The van der Waals surface area contributed by atoms with Crippen LogP contribution in [0.5, 0.6) is 11.5 Å². The van der Waals surface area contributed by atoms with Crippen molar-refractivity contribution in [3.05, 3.63) is 161 Å². The van der Waals surface area contributed by atoms with Gasteiger partial charge in [0.1, 0.15) is 28.6 Å². The minimum Gasteiger partial charge on any atom is -0.505 e. The third kappa shape index (κ3) is 10.7. The number of halogens is 2. The first-order chi connectivity index (χ1) is 33.3. The zero-order valence-electron chi connectivity index (χ0n) is 37.9. The van der Waals surface area contributed by atoms with Crippen LogP contribution in [0.1, 0.15) is 88.8 Å². The topological polar surface area (TPSA) is 196 Å². The highest BCUT2D eigenvalue weighted by atomic mass is 32.1. The first kappa shape index (κ1) is 47.7. The largest absolute Gasteiger partial charge is 0.737 e. The van der Waals surface area contributed by atoms with Gasteiger partial charge in [-0.1, -0.05) is 43.7 Å². The Hall–Kier alpha value is -7.80. The fraction of sp³-hybridized carbons (Fsp3) is 0.240. The molecule has 0 saturated carbocycles. The molecule has 0 spiro atoms. The number of phenols is 1. The lowest BCUT2D eigenvalue weighted by Crippen LogP contribution is -2.50. The number of para-hydroxylation sites is 1. The standard InChI is InChI=1S/C50H50BF2N7O8S/c1-3-38(41-24-13-31(2)68-41)57-45-46(49(65)48(45)64)58-39-10-7-9-37(47(39)63)50(66)56-27-26-55-43(61)12-5-4-6-25-54-44(62)30-67-36-21-15-32(16-22-36)14-17-33-18-19-34-29-35-20-23-40(42-11-8-28-69-42)60(35)51(52,53)59(33)34/h7-11,13-24,28-29,38,57-58,63H,3-6,12,25-27,30H2,1-2H3,(H,54,62)(H,55,61)(H,56,66)/b17-14+/t38-/m1/s1. The summed E-state index contributed by atoms with van der Waals surface area (Å²) < 4.78 is 45.8. The maximum absolute atomic E-state index is 16.1. The molecule has 8 rings (SSSR count). The summed E-state index contributed by atoms with van der Waals surface area (Å²) in [5.74, 6) is 0.263. The molecule has 15 nitrogen and oxygen atoms in total. The molecule has 19 heteroatoms. The Morgan fingerprint density at radius 3 is 2.41 bits per heavy atom. The Morgan fingerprint density at radius 1 is 0.870 bits per heavy atom. The lowest BCUT2D eigenvalue weighted by molar-refractivity contribution is -0.360. The summed E-state index contributed by atoms with van der Waals surface area (Å²) in [7, 11) is 0. The van der Waals surface area contributed by atoms with Gasteiger partial charge in [-0.05, 0) is 97.8 Å². The molecule has 6 aromatic rings. The fourth-order valence-electron chi connectivity index (χ4n) is 8.15. The van der Waals surface area contributed by atoms with Crippen molar-refractivity contribution in [2.24, 2.45) is 0 Å². The SMILES string of the molecule is CC[C@@H](Nc1c(Nc2cccc(C(=O)NCCNC(=O)CCCCCNC(=O)COc3ccc(/C=C/c4ccc5n4[B-](F)(F)[N+]4=C(c6cccs6)C=CC4=C5)cc3)c2O)c(=O)c1=O)c1ccc(C)o1. The predicted molar refractivity (Wildman–Crippen MR) is 264 cm³/mol. The molecule has 2 aliphatic rings. The lowest BCUT2D eigenvalue weighted by Gasteiger charge is -2.30. The van der Waals surface area contributed by atoms with E-state index in [0.717, 1.165) is 19.4 Å². The molecule has 69 heavy (non-hydrogen) atoms. The van der Waals surface area contributed by atoms with Crippen LogP contribution in [0.15, 0.2) is 116 Å². The van der Waals surface area contributed by atoms with Crippen LogP contribution >= 0.6 is 11.3 Å². The maximum atomic E-state index is 16.1. The summed E-state index contributed by atoms with van der Waals surface area (Å²) in [6.45, 7) is 0.00100. The van der Waals surface area contributed by atoms with Crippen LogP contribution in [0, 0.1) is 6.92 Å². The number of fused-ring (bicyclic) bond motifs is 2. The zero-order valence-corrected chi connectivity index (χ0v) is 38.7. The van der Waals surface area contributed by atoms with Crippen LogP contribution in [0.25, 0.3) is 18.2 Å². The third-order valence-corrected chi connectivity index (χ3v) is 12.6. The van der Waals surface area contributed by atoms with E-state index < -0.39 is 29.5 Å². The van der Waals surface area contributed by atoms with Crippen LogP contribution in [-0.4, -0.2) is 70.7 Å². The number of furan rings is 1. The molecule has 0 unspecified atom stereocenters. The zero-order chi connectivity index (χ0) is 48.7. The third-order valence-electron chi connectivity index (χ3n) is 11.7. The molecule has 0 bridgehead atoms. The summed E-state index contributed by atoms with van der Waals surface area (Å²) in [5, 5.41) is 26.8. The van der Waals surface area contributed by atoms with E-state index in [1.807, 2.05) is 24.4 Å². The normalized spacial score (nSPS) is 14.1. The number of aromatic hydroxyl groups is 1. The van der Waals surface area contributed by atoms with E-state index >= 15 is 8.63 Å². The second-order valence-electron chi connectivity index (χ2n) is 16.5. The number of aryl methyl sites for hydroxylation is 1. The van der Waals surface area contributed by atoms with E-state index in [4.69, 9.17) is 9.15 Å². The van der Waals surface area contributed by atoms with E-state index in [1.54, 1.807) is 85.8 Å². The van der Waals surface area contributed by atoms with Gasteiger partial charge in [0.15, 0.2) is 23.8 Å². The second-order valence-corrected chi connectivity index (χ2v) is 17.5. The van der Waals surface area contributed by atoms with Gasteiger partial charge >= 0.3 is 6.97 Å². The molecule has 6 N–H and O–H groups in total. The smallest absolute Gasteiger partial charge is 0.505 e. The van der Waals surface area contributed by atoms with Gasteiger partial charge < -0.3 is 58.4 Å². The number of amides is 3. The van der Waals surface area contributed by atoms with Crippen molar-refractivity contribution in [3.63, 3.8) is 0 Å². The Balaban J connectivity index is 0.697. The van der Waals surface area contributed by atoms with E-state index in [-0.39, 0.29) is 66.6 Å². The molecule has 0 fully saturated rings. The number of ether oxygens (including phenoxy) is 1. The molecular weight excluding hydrogens is 907 g/mol. The van der Waals surface area contributed by atoms with Gasteiger partial charge in [-0.25, -0.2) is 0 Å². The number of aromatic nitrogens is 1. The number of thiophene rings is 1. The number of carbonyl (C=O) groups excluding carboxylic acids is 3. The van der Waals surface area contributed by atoms with Gasteiger partial charge in [-0.2, -0.15) is 0 Å². The van der Waals surface area contributed by atoms with E-state index in [0.29, 0.717) is 72.3 Å². The summed E-state index contributed by atoms with van der Waals surface area (Å²) in [4.78, 5) is 63.5. The number of unbranched alkanes of at least 4 members (excludes halogenated alkanes) is 2. The first-order valence-electron chi connectivity index (χ1n) is 22.6. The molecule has 0 saturated heterocycles. The summed E-state index contributed by atoms with van der Waals surface area (Å²) >= 11 is 1.42. The van der Waals surface area contributed by atoms with Crippen LogP contribution in [0.2, 0.25) is 0 Å². The number of benzene rings is 2. The van der Waals surface area contributed by atoms with Crippen molar-refractivity contribution in [1.29, 1.82) is 0 Å². The molecule has 1 atom stereocenters. The highest BCUT2D eigenvalue weighted by Gasteiger charge is 2.52. The van der Waals surface area contributed by atoms with Crippen molar-refractivity contribution in [2.75, 3.05) is 36.9 Å². The van der Waals surface area contributed by atoms with Gasteiger partial charge in [0, 0.05) is 55.7 Å². The Kier molecular flexibility index (Phi) is 14.5. The average molecular weight is 958 g/mol. The number of hydrogen-bond donors (Lipinski definition) is 6. The fourth-order valence-corrected chi connectivity index (χ4v) is 8.89. The van der Waals surface area contributed by atoms with Crippen molar-refractivity contribution < 1.29 is 41.8 Å². The van der Waals surface area contributed by atoms with Gasteiger partial charge in [-0.3, -0.25) is 24.0 Å². The first-order valence-corrected chi connectivity index (χ1v) is 23.5. The van der Waals surface area contributed by atoms with E-state index in [2.05, 4.69) is 26.6 Å². The summed E-state index contributed by atoms with van der Waals surface area (Å²) in [6.07, 6.45) is 11.4. The van der Waals surface area contributed by atoms with Gasteiger partial charge in [0.2, 0.25) is 5.91 Å². The molecule has 3 amide bonds. The summed E-state index contributed by atoms with van der Waals surface area (Å²) in [6, 6.07) is 21.6. The van der Waals surface area contributed by atoms with Crippen molar-refractivity contribution >= 4 is 77.0 Å². The molecule has 3 aromatic heterocycles. The number of hydrogen-bond acceptors (Lipinski definition) is 11. The van der Waals surface area contributed by atoms with Crippen molar-refractivity contribution in [1.82, 2.24) is 20.4 Å². The number of nitrogens with one attached hydrogen (secondary N) is 5. The van der Waals surface area contributed by atoms with Crippen molar-refractivity contribution in [2.45, 2.75) is 52.0 Å². The Bertz CT molecular complexity index is 3070. The quantitative estimate of drug-likeness (QED) is 0.0172. The van der Waals surface area contributed by atoms with Gasteiger partial charge in [-0.15, -0.1) is 11.3 Å². The number of rotatable bonds is 22. The summed E-state index contributed by atoms with van der Waals surface area (Å²) in [5.41, 5.74) is 1.05. The van der Waals surface area contributed by atoms with Gasteiger partial charge in [0.05, 0.1) is 22.2 Å². The predicted octanol–water partition coefficient (Wildman–Crippen LogP) is 7.48. The lowest BCUT2D eigenvalue weighted by atomic mass is 9.90. The molecule has 3 aromatic carbocycles. The monoisotopic (exact) mass is 957 g/mol. The Labute approximate surface area is 399 Å². The van der Waals surface area contributed by atoms with Crippen LogP contribution < -0.4 is 42.2 Å². The maximum Gasteiger partial charge on any atom is 0.737 e. The van der Waals surface area contributed by atoms with E-state index in [9.17, 15) is 29.1 Å². The highest BCUT2D eigenvalue weighted by Crippen LogP contribution is 2.36. The molecule has 0 radical (unpaired) electrons. The van der Waals surface area contributed by atoms with Crippen LogP contribution in [-0.2, 0) is 9.59 Å². The van der Waals surface area contributed by atoms with Crippen LogP contribution in [0.3, 0.4) is 0 Å². The highest BCUT2D eigenvalue weighted by molar-refractivity contribution is 7.12. The second kappa shape index (κ2) is 21.0. The van der Waals surface area contributed by atoms with E-state index in [1.165, 1.54) is 29.5 Å². The molecule has 356 valence electrons. The number of nitrogens with zero attached hydrogens (tertiary/aromatic N) is 2. The van der Waals surface area contributed by atoms with Gasteiger partial charge in [0.25, 0.3) is 22.7 Å².